The lowest BCUT2D eigenvalue weighted by Crippen LogP contribution is -2.47. The van der Waals surface area contributed by atoms with Gasteiger partial charge in [-0.25, -0.2) is 9.59 Å². The zero-order chi connectivity index (χ0) is 23.0. The number of carbonyl (C=O) groups is 3. The van der Waals surface area contributed by atoms with Crippen molar-refractivity contribution in [3.05, 3.63) is 0 Å². The maximum Gasteiger partial charge on any atom is 0.408 e. The van der Waals surface area contributed by atoms with Crippen molar-refractivity contribution in [1.29, 1.82) is 0 Å². The molecule has 2 N–H and O–H groups in total. The van der Waals surface area contributed by atoms with Gasteiger partial charge in [-0.3, -0.25) is 4.79 Å². The summed E-state index contributed by atoms with van der Waals surface area (Å²) >= 11 is 0. The molecule has 0 rings (SSSR count). The molecule has 0 aromatic carbocycles. The number of carbonyl (C=O) groups excluding carboxylic acids is 3. The molecule has 0 aromatic rings. The first-order valence-electron chi connectivity index (χ1n) is 9.99. The fraction of sp³-hybridized carbons (Fsp3) is 0.857. The van der Waals surface area contributed by atoms with Crippen LogP contribution < -0.4 is 5.32 Å². The highest BCUT2D eigenvalue weighted by Gasteiger charge is 2.34. The van der Waals surface area contributed by atoms with Crippen LogP contribution in [0.2, 0.25) is 0 Å². The largest absolute Gasteiger partial charge is 0.460 e. The zero-order valence-electron chi connectivity index (χ0n) is 19.4. The van der Waals surface area contributed by atoms with Crippen LogP contribution in [0.5, 0.6) is 0 Å². The van der Waals surface area contributed by atoms with Crippen molar-refractivity contribution in [1.82, 2.24) is 5.32 Å². The number of aliphatic hydroxyl groups excluding tert-OH is 1. The molecule has 0 spiro atoms. The van der Waals surface area contributed by atoms with Crippen molar-refractivity contribution in [2.45, 2.75) is 104 Å². The smallest absolute Gasteiger partial charge is 0.408 e. The van der Waals surface area contributed by atoms with Crippen LogP contribution in [0.1, 0.15) is 81.6 Å². The van der Waals surface area contributed by atoms with E-state index < -0.39 is 46.8 Å². The Bertz CT molecular complexity index is 553. The Balaban J connectivity index is 5.53. The number of aliphatic hydroxyl groups is 1. The van der Waals surface area contributed by atoms with Gasteiger partial charge >= 0.3 is 18.0 Å². The number of rotatable bonds is 8. The molecule has 29 heavy (non-hydrogen) atoms. The van der Waals surface area contributed by atoms with Crippen LogP contribution in [0, 0.1) is 5.92 Å². The molecule has 2 atom stereocenters. The Kier molecular flexibility index (Phi) is 10.1. The summed E-state index contributed by atoms with van der Waals surface area (Å²) in [6, 6.07) is -1.10. The molecule has 8 nitrogen and oxygen atoms in total. The Labute approximate surface area is 174 Å². The zero-order valence-corrected chi connectivity index (χ0v) is 19.4. The molecule has 1 amide bonds. The molecule has 0 fully saturated rings. The first kappa shape index (κ1) is 27.2. The third-order valence-corrected chi connectivity index (χ3v) is 3.35. The second-order valence-electron chi connectivity index (χ2n) is 10.1. The fourth-order valence-electron chi connectivity index (χ4n) is 2.38. The quantitative estimate of drug-likeness (QED) is 0.460. The summed E-state index contributed by atoms with van der Waals surface area (Å²) in [4.78, 5) is 37.5. The van der Waals surface area contributed by atoms with Crippen molar-refractivity contribution >= 4 is 18.0 Å². The van der Waals surface area contributed by atoms with Crippen molar-refractivity contribution in [3.8, 4) is 0 Å². The van der Waals surface area contributed by atoms with Crippen molar-refractivity contribution < 1.29 is 33.7 Å². The molecule has 0 saturated heterocycles. The van der Waals surface area contributed by atoms with E-state index in [4.69, 9.17) is 19.3 Å². The Morgan fingerprint density at radius 3 is 1.66 bits per heavy atom. The average Bonchev–Trinajstić information content (AvgIpc) is 2.44. The molecule has 0 unspecified atom stereocenters. The van der Waals surface area contributed by atoms with Gasteiger partial charge in [-0.15, -0.1) is 0 Å². The monoisotopic (exact) mass is 417 g/mol. The molecule has 0 bridgehead atoms. The predicted octanol–water partition coefficient (Wildman–Crippen LogP) is 3.34. The maximum absolute atomic E-state index is 12.7. The van der Waals surface area contributed by atoms with Gasteiger partial charge in [0.05, 0.1) is 5.92 Å². The molecule has 0 saturated carbocycles. The van der Waals surface area contributed by atoms with Gasteiger partial charge in [0.25, 0.3) is 0 Å². The van der Waals surface area contributed by atoms with Crippen molar-refractivity contribution in [2.75, 3.05) is 6.61 Å². The Hall–Kier alpha value is -1.83. The number of amides is 1. The second-order valence-corrected chi connectivity index (χ2v) is 10.1. The second kappa shape index (κ2) is 10.8. The molecular formula is C21H39NO7. The molecule has 0 aliphatic rings. The highest BCUT2D eigenvalue weighted by Crippen LogP contribution is 2.22. The van der Waals surface area contributed by atoms with Gasteiger partial charge in [0.2, 0.25) is 0 Å². The standard InChI is InChI=1S/C21H39NO7/c1-19(2,3)27-16(24)14(11-10-12-23)13-15(17(25)28-20(4,5)6)22-18(26)29-21(7,8)9/h14-15,23H,10-13H2,1-9H3,(H,22,26)/t14-,15+/m1/s1. The lowest BCUT2D eigenvalue weighted by atomic mass is 9.94. The summed E-state index contributed by atoms with van der Waals surface area (Å²) in [5, 5.41) is 11.7. The van der Waals surface area contributed by atoms with E-state index in [9.17, 15) is 14.4 Å². The van der Waals surface area contributed by atoms with Crippen LogP contribution in [0.15, 0.2) is 0 Å². The van der Waals surface area contributed by atoms with Gasteiger partial charge in [-0.2, -0.15) is 0 Å². The molecule has 8 heteroatoms. The molecule has 0 radical (unpaired) electrons. The van der Waals surface area contributed by atoms with Gasteiger partial charge in [-0.1, -0.05) is 0 Å². The normalized spacial score (nSPS) is 14.6. The lowest BCUT2D eigenvalue weighted by Gasteiger charge is -2.29. The van der Waals surface area contributed by atoms with Gasteiger partial charge < -0.3 is 24.6 Å². The van der Waals surface area contributed by atoms with Gasteiger partial charge in [0, 0.05) is 6.61 Å². The summed E-state index contributed by atoms with van der Waals surface area (Å²) in [5.74, 6) is -1.86. The van der Waals surface area contributed by atoms with E-state index in [1.54, 1.807) is 62.3 Å². The Morgan fingerprint density at radius 2 is 1.24 bits per heavy atom. The minimum absolute atomic E-state index is 0.0247. The van der Waals surface area contributed by atoms with Crippen LogP contribution in [0.25, 0.3) is 0 Å². The molecule has 0 aromatic heterocycles. The van der Waals surface area contributed by atoms with Gasteiger partial charge in [0.1, 0.15) is 22.8 Å². The van der Waals surface area contributed by atoms with E-state index in [0.29, 0.717) is 12.8 Å². The van der Waals surface area contributed by atoms with Gasteiger partial charge in [-0.05, 0) is 81.6 Å². The van der Waals surface area contributed by atoms with E-state index in [1.165, 1.54) is 0 Å². The summed E-state index contributed by atoms with van der Waals surface area (Å²) in [6.07, 6.45) is -0.139. The van der Waals surface area contributed by atoms with E-state index in [2.05, 4.69) is 5.32 Å². The summed E-state index contributed by atoms with van der Waals surface area (Å²) in [6.45, 7) is 15.4. The van der Waals surface area contributed by atoms with Crippen molar-refractivity contribution in [3.63, 3.8) is 0 Å². The molecule has 0 aliphatic heterocycles. The first-order valence-corrected chi connectivity index (χ1v) is 9.99. The number of alkyl carbamates (subject to hydrolysis) is 1. The topological polar surface area (TPSA) is 111 Å². The number of hydrogen-bond acceptors (Lipinski definition) is 7. The van der Waals surface area contributed by atoms with E-state index in [1.807, 2.05) is 0 Å². The van der Waals surface area contributed by atoms with Crippen LogP contribution in [0.4, 0.5) is 4.79 Å². The van der Waals surface area contributed by atoms with E-state index >= 15 is 0 Å². The minimum Gasteiger partial charge on any atom is -0.460 e. The maximum atomic E-state index is 12.7. The molecule has 0 aliphatic carbocycles. The van der Waals surface area contributed by atoms with Crippen LogP contribution in [0.3, 0.4) is 0 Å². The first-order chi connectivity index (χ1) is 12.9. The van der Waals surface area contributed by atoms with Gasteiger partial charge in [0.15, 0.2) is 0 Å². The summed E-state index contributed by atoms with van der Waals surface area (Å²) < 4.78 is 16.1. The van der Waals surface area contributed by atoms with E-state index in [-0.39, 0.29) is 13.0 Å². The number of esters is 2. The number of nitrogens with one attached hydrogen (secondary N) is 1. The highest BCUT2D eigenvalue weighted by atomic mass is 16.6. The van der Waals surface area contributed by atoms with Crippen LogP contribution in [-0.4, -0.2) is 52.6 Å². The Morgan fingerprint density at radius 1 is 0.793 bits per heavy atom. The summed E-state index contributed by atoms with van der Waals surface area (Å²) in [7, 11) is 0. The van der Waals surface area contributed by atoms with Crippen LogP contribution >= 0.6 is 0 Å². The minimum atomic E-state index is -1.10. The molecule has 0 heterocycles. The fourth-order valence-corrected chi connectivity index (χ4v) is 2.38. The predicted molar refractivity (Wildman–Crippen MR) is 109 cm³/mol. The van der Waals surface area contributed by atoms with Crippen LogP contribution in [-0.2, 0) is 23.8 Å². The lowest BCUT2D eigenvalue weighted by molar-refractivity contribution is -0.163. The van der Waals surface area contributed by atoms with Crippen molar-refractivity contribution in [2.24, 2.45) is 5.92 Å². The third-order valence-electron chi connectivity index (χ3n) is 3.35. The highest BCUT2D eigenvalue weighted by molar-refractivity contribution is 5.83. The SMILES string of the molecule is CC(C)(C)OC(=O)N[C@@H](C[C@@H](CCCO)C(=O)OC(C)(C)C)C(=O)OC(C)(C)C. The number of ether oxygens (including phenoxy) is 3. The number of hydrogen-bond donors (Lipinski definition) is 2. The average molecular weight is 418 g/mol. The molecular weight excluding hydrogens is 378 g/mol. The summed E-state index contributed by atoms with van der Waals surface area (Å²) in [5.41, 5.74) is -2.21. The van der Waals surface area contributed by atoms with E-state index in [0.717, 1.165) is 0 Å². The molecule has 170 valence electrons. The third kappa shape index (κ3) is 13.9.